The van der Waals surface area contributed by atoms with Crippen molar-refractivity contribution in [1.29, 1.82) is 0 Å². The van der Waals surface area contributed by atoms with Crippen molar-refractivity contribution in [3.8, 4) is 11.8 Å². The molecule has 0 saturated heterocycles. The highest BCUT2D eigenvalue weighted by atomic mass is 19.1. The van der Waals surface area contributed by atoms with E-state index in [9.17, 15) is 9.18 Å². The second-order valence-corrected chi connectivity index (χ2v) is 3.89. The predicted octanol–water partition coefficient (Wildman–Crippen LogP) is -0.404. The van der Waals surface area contributed by atoms with Crippen molar-refractivity contribution in [1.82, 2.24) is 4.90 Å². The lowest BCUT2D eigenvalue weighted by Gasteiger charge is -2.20. The average molecular weight is 281 g/mol. The first-order valence-corrected chi connectivity index (χ1v) is 6.04. The van der Waals surface area contributed by atoms with Crippen molar-refractivity contribution in [2.75, 3.05) is 32.9 Å². The van der Waals surface area contributed by atoms with Gasteiger partial charge in [0.2, 0.25) is 0 Å². The van der Waals surface area contributed by atoms with Crippen LogP contribution in [0.1, 0.15) is 15.9 Å². The summed E-state index contributed by atoms with van der Waals surface area (Å²) in [5, 5.41) is 26.3. The molecule has 0 spiro atoms. The van der Waals surface area contributed by atoms with Crippen molar-refractivity contribution in [3.63, 3.8) is 0 Å². The lowest BCUT2D eigenvalue weighted by Crippen LogP contribution is -2.36. The van der Waals surface area contributed by atoms with Crippen LogP contribution >= 0.6 is 0 Å². The van der Waals surface area contributed by atoms with Crippen LogP contribution in [-0.2, 0) is 0 Å². The molecule has 0 atom stereocenters. The van der Waals surface area contributed by atoms with Gasteiger partial charge in [-0.2, -0.15) is 0 Å². The van der Waals surface area contributed by atoms with E-state index in [4.69, 9.17) is 15.3 Å². The van der Waals surface area contributed by atoms with E-state index in [1.807, 2.05) is 0 Å². The van der Waals surface area contributed by atoms with Gasteiger partial charge >= 0.3 is 0 Å². The molecule has 1 rings (SSSR count). The Labute approximate surface area is 116 Å². The Kier molecular flexibility index (Phi) is 6.67. The topological polar surface area (TPSA) is 81.0 Å². The van der Waals surface area contributed by atoms with Gasteiger partial charge in [-0.1, -0.05) is 11.8 Å². The lowest BCUT2D eigenvalue weighted by molar-refractivity contribution is 0.0680. The summed E-state index contributed by atoms with van der Waals surface area (Å²) >= 11 is 0. The fourth-order valence-electron chi connectivity index (χ4n) is 1.63. The van der Waals surface area contributed by atoms with Gasteiger partial charge < -0.3 is 20.2 Å². The first kappa shape index (κ1) is 16.1. The van der Waals surface area contributed by atoms with Gasteiger partial charge in [-0.05, 0) is 18.2 Å². The number of nitrogens with zero attached hydrogens (tertiary/aromatic N) is 1. The number of halogens is 1. The normalized spacial score (nSPS) is 9.80. The van der Waals surface area contributed by atoms with Gasteiger partial charge in [-0.15, -0.1) is 0 Å². The Morgan fingerprint density at radius 1 is 1.20 bits per heavy atom. The second kappa shape index (κ2) is 8.27. The highest BCUT2D eigenvalue weighted by molar-refractivity contribution is 5.94. The van der Waals surface area contributed by atoms with Crippen molar-refractivity contribution in [3.05, 3.63) is 35.1 Å². The van der Waals surface area contributed by atoms with Crippen molar-refractivity contribution in [2.24, 2.45) is 0 Å². The minimum Gasteiger partial charge on any atom is -0.395 e. The molecule has 0 aromatic heterocycles. The van der Waals surface area contributed by atoms with Gasteiger partial charge in [0, 0.05) is 18.7 Å². The van der Waals surface area contributed by atoms with E-state index in [1.165, 1.54) is 12.1 Å². The van der Waals surface area contributed by atoms with Crippen LogP contribution in [0, 0.1) is 17.7 Å². The maximum Gasteiger partial charge on any atom is 0.256 e. The molecule has 0 heterocycles. The van der Waals surface area contributed by atoms with Gasteiger partial charge in [-0.25, -0.2) is 4.39 Å². The van der Waals surface area contributed by atoms with E-state index in [0.717, 1.165) is 11.0 Å². The molecule has 0 aliphatic carbocycles. The monoisotopic (exact) mass is 281 g/mol. The summed E-state index contributed by atoms with van der Waals surface area (Å²) in [6.45, 7) is -0.834. The van der Waals surface area contributed by atoms with E-state index >= 15 is 0 Å². The van der Waals surface area contributed by atoms with Crippen molar-refractivity contribution in [2.45, 2.75) is 0 Å². The van der Waals surface area contributed by atoms with Crippen molar-refractivity contribution >= 4 is 5.91 Å². The standard InChI is InChI=1S/C14H16FNO4/c15-13-10-11(2-1-7-17)3-4-12(13)14(20)16(5-8-18)6-9-19/h3-4,10,17-19H,5-9H2. The minimum atomic E-state index is -0.736. The quantitative estimate of drug-likeness (QED) is 0.641. The van der Waals surface area contributed by atoms with Crippen LogP contribution in [0.25, 0.3) is 0 Å². The third-order valence-electron chi connectivity index (χ3n) is 2.54. The van der Waals surface area contributed by atoms with Crippen LogP contribution in [0.5, 0.6) is 0 Å². The lowest BCUT2D eigenvalue weighted by atomic mass is 10.1. The predicted molar refractivity (Wildman–Crippen MR) is 70.4 cm³/mol. The van der Waals surface area contributed by atoms with Gasteiger partial charge in [0.15, 0.2) is 0 Å². The fourth-order valence-corrected chi connectivity index (χ4v) is 1.63. The van der Waals surface area contributed by atoms with E-state index in [-0.39, 0.29) is 38.5 Å². The van der Waals surface area contributed by atoms with E-state index in [0.29, 0.717) is 5.56 Å². The fraction of sp³-hybridized carbons (Fsp3) is 0.357. The van der Waals surface area contributed by atoms with Crippen LogP contribution in [-0.4, -0.2) is 59.0 Å². The third-order valence-corrected chi connectivity index (χ3v) is 2.54. The number of carbonyl (C=O) groups is 1. The van der Waals surface area contributed by atoms with Crippen LogP contribution in [0.3, 0.4) is 0 Å². The molecule has 0 unspecified atom stereocenters. The van der Waals surface area contributed by atoms with Crippen LogP contribution in [0.4, 0.5) is 4.39 Å². The first-order chi connectivity index (χ1) is 9.63. The summed E-state index contributed by atoms with van der Waals surface area (Å²) in [5.74, 6) is 3.58. The zero-order valence-electron chi connectivity index (χ0n) is 10.8. The summed E-state index contributed by atoms with van der Waals surface area (Å²) in [7, 11) is 0. The minimum absolute atomic E-state index is 0.0188. The molecule has 0 radical (unpaired) electrons. The number of rotatable bonds is 5. The molecule has 20 heavy (non-hydrogen) atoms. The number of aliphatic hydroxyl groups is 3. The number of benzene rings is 1. The molecule has 1 aromatic rings. The summed E-state index contributed by atoms with van der Waals surface area (Å²) in [6.07, 6.45) is 0. The van der Waals surface area contributed by atoms with Crippen molar-refractivity contribution < 1.29 is 24.5 Å². The Hall–Kier alpha value is -1.94. The van der Waals surface area contributed by atoms with Gasteiger partial charge in [-0.3, -0.25) is 4.79 Å². The summed E-state index contributed by atoms with van der Waals surface area (Å²) in [4.78, 5) is 13.2. The summed E-state index contributed by atoms with van der Waals surface area (Å²) < 4.78 is 13.9. The molecular weight excluding hydrogens is 265 g/mol. The average Bonchev–Trinajstić information content (AvgIpc) is 2.44. The number of hydrogen-bond donors (Lipinski definition) is 3. The Morgan fingerprint density at radius 2 is 1.85 bits per heavy atom. The number of carbonyl (C=O) groups excluding carboxylic acids is 1. The number of hydrogen-bond acceptors (Lipinski definition) is 4. The SMILES string of the molecule is O=C(c1ccc(C#CCO)cc1F)N(CCO)CCO. The second-order valence-electron chi connectivity index (χ2n) is 3.89. The zero-order valence-corrected chi connectivity index (χ0v) is 10.8. The Bertz CT molecular complexity index is 516. The molecule has 0 bridgehead atoms. The molecule has 0 fully saturated rings. The van der Waals surface area contributed by atoms with Crippen LogP contribution in [0.2, 0.25) is 0 Å². The molecule has 1 aromatic carbocycles. The van der Waals surface area contributed by atoms with Gasteiger partial charge in [0.1, 0.15) is 12.4 Å². The van der Waals surface area contributed by atoms with Crippen LogP contribution < -0.4 is 0 Å². The molecule has 6 heteroatoms. The van der Waals surface area contributed by atoms with E-state index in [2.05, 4.69) is 11.8 Å². The molecule has 5 nitrogen and oxygen atoms in total. The smallest absolute Gasteiger partial charge is 0.256 e. The molecular formula is C14H16FNO4. The molecule has 3 N–H and O–H groups in total. The molecule has 1 amide bonds. The summed E-state index contributed by atoms with van der Waals surface area (Å²) in [5.41, 5.74) is 0.199. The summed E-state index contributed by atoms with van der Waals surface area (Å²) in [6, 6.07) is 3.86. The first-order valence-electron chi connectivity index (χ1n) is 6.04. The third kappa shape index (κ3) is 4.31. The molecule has 108 valence electrons. The van der Waals surface area contributed by atoms with E-state index < -0.39 is 11.7 Å². The largest absolute Gasteiger partial charge is 0.395 e. The zero-order chi connectivity index (χ0) is 15.0. The maximum absolute atomic E-state index is 13.9. The number of aliphatic hydroxyl groups excluding tert-OH is 3. The van der Waals surface area contributed by atoms with E-state index in [1.54, 1.807) is 0 Å². The van der Waals surface area contributed by atoms with Crippen LogP contribution in [0.15, 0.2) is 18.2 Å². The number of amides is 1. The molecule has 0 aliphatic rings. The Balaban J connectivity index is 2.97. The highest BCUT2D eigenvalue weighted by Crippen LogP contribution is 2.12. The molecule has 0 saturated carbocycles. The van der Waals surface area contributed by atoms with Gasteiger partial charge in [0.05, 0.1) is 18.8 Å². The Morgan fingerprint density at radius 3 is 2.35 bits per heavy atom. The highest BCUT2D eigenvalue weighted by Gasteiger charge is 2.18. The van der Waals surface area contributed by atoms with Gasteiger partial charge in [0.25, 0.3) is 5.91 Å². The molecule has 0 aliphatic heterocycles. The maximum atomic E-state index is 13.9.